The number of thiophene rings is 1. The molecule has 3 heteroatoms. The first-order valence-corrected chi connectivity index (χ1v) is 4.36. The predicted octanol–water partition coefficient (Wildman–Crippen LogP) is 2.60. The zero-order chi connectivity index (χ0) is 8.55. The van der Waals surface area contributed by atoms with E-state index >= 15 is 0 Å². The average Bonchev–Trinajstić information content (AvgIpc) is 2.47. The first-order chi connectivity index (χ1) is 5.79. The summed E-state index contributed by atoms with van der Waals surface area (Å²) in [6, 6.07) is 7.50. The highest BCUT2D eigenvalue weighted by Gasteiger charge is 2.09. The van der Waals surface area contributed by atoms with E-state index in [2.05, 4.69) is 0 Å². The van der Waals surface area contributed by atoms with Gasteiger partial charge in [0.1, 0.15) is 4.88 Å². The monoisotopic (exact) mass is 178 g/mol. The quantitative estimate of drug-likeness (QED) is 0.728. The Morgan fingerprint density at radius 3 is 2.83 bits per heavy atom. The van der Waals surface area contributed by atoms with Gasteiger partial charge in [-0.1, -0.05) is 24.3 Å². The second-order valence-corrected chi connectivity index (χ2v) is 3.34. The lowest BCUT2D eigenvalue weighted by Crippen LogP contribution is -1.91. The molecule has 0 aliphatic carbocycles. The average molecular weight is 178 g/mol. The number of benzene rings is 1. The van der Waals surface area contributed by atoms with Crippen molar-refractivity contribution in [2.75, 3.05) is 0 Å². The van der Waals surface area contributed by atoms with Gasteiger partial charge in [-0.25, -0.2) is 4.79 Å². The predicted molar refractivity (Wildman–Crippen MR) is 48.8 cm³/mol. The molecule has 0 unspecified atom stereocenters. The molecule has 60 valence electrons. The third kappa shape index (κ3) is 0.987. The maximum atomic E-state index is 10.7. The summed E-state index contributed by atoms with van der Waals surface area (Å²) in [5.74, 6) is -0.846. The van der Waals surface area contributed by atoms with E-state index in [0.717, 1.165) is 10.8 Å². The van der Waals surface area contributed by atoms with Crippen molar-refractivity contribution in [1.29, 1.82) is 0 Å². The highest BCUT2D eigenvalue weighted by Crippen LogP contribution is 2.24. The minimum Gasteiger partial charge on any atom is -0.477 e. The molecule has 1 heterocycles. The number of aromatic carboxylic acids is 1. The molecule has 1 aromatic carbocycles. The molecule has 0 spiro atoms. The molecule has 0 atom stereocenters. The van der Waals surface area contributed by atoms with E-state index in [1.54, 1.807) is 0 Å². The van der Waals surface area contributed by atoms with Crippen LogP contribution in [0.1, 0.15) is 9.67 Å². The van der Waals surface area contributed by atoms with Crippen molar-refractivity contribution in [2.45, 2.75) is 0 Å². The van der Waals surface area contributed by atoms with E-state index in [0.29, 0.717) is 4.88 Å². The van der Waals surface area contributed by atoms with Gasteiger partial charge in [-0.05, 0) is 10.8 Å². The summed E-state index contributed by atoms with van der Waals surface area (Å²) in [6.07, 6.45) is 0. The van der Waals surface area contributed by atoms with Gasteiger partial charge >= 0.3 is 5.97 Å². The van der Waals surface area contributed by atoms with Gasteiger partial charge in [-0.2, -0.15) is 0 Å². The highest BCUT2D eigenvalue weighted by atomic mass is 32.1. The van der Waals surface area contributed by atoms with Crippen LogP contribution in [0.25, 0.3) is 10.8 Å². The molecule has 0 saturated heterocycles. The lowest BCUT2D eigenvalue weighted by atomic mass is 10.2. The van der Waals surface area contributed by atoms with Crippen molar-refractivity contribution in [3.8, 4) is 0 Å². The van der Waals surface area contributed by atoms with E-state index in [1.807, 2.05) is 29.6 Å². The summed E-state index contributed by atoms with van der Waals surface area (Å²) < 4.78 is 0. The SMILES string of the molecule is O=C(O)c1scc2ccccc12. The molecule has 0 amide bonds. The van der Waals surface area contributed by atoms with Crippen LogP contribution in [-0.4, -0.2) is 11.1 Å². The summed E-state index contributed by atoms with van der Waals surface area (Å²) in [5.41, 5.74) is 0. The van der Waals surface area contributed by atoms with E-state index in [4.69, 9.17) is 5.11 Å². The van der Waals surface area contributed by atoms with Crippen molar-refractivity contribution in [2.24, 2.45) is 0 Å². The van der Waals surface area contributed by atoms with E-state index in [-0.39, 0.29) is 0 Å². The van der Waals surface area contributed by atoms with Crippen LogP contribution in [-0.2, 0) is 0 Å². The van der Waals surface area contributed by atoms with Crippen molar-refractivity contribution >= 4 is 28.1 Å². The van der Waals surface area contributed by atoms with Gasteiger partial charge in [-0.3, -0.25) is 0 Å². The zero-order valence-electron chi connectivity index (χ0n) is 6.15. The normalized spacial score (nSPS) is 10.3. The topological polar surface area (TPSA) is 37.3 Å². The summed E-state index contributed by atoms with van der Waals surface area (Å²) in [6.45, 7) is 0. The second-order valence-electron chi connectivity index (χ2n) is 2.46. The molecule has 0 fully saturated rings. The summed E-state index contributed by atoms with van der Waals surface area (Å²) in [5, 5.41) is 12.5. The Hall–Kier alpha value is -1.35. The fourth-order valence-corrected chi connectivity index (χ4v) is 2.02. The number of carboxylic acid groups (broad SMARTS) is 1. The number of hydrogen-bond donors (Lipinski definition) is 1. The third-order valence-corrected chi connectivity index (χ3v) is 2.71. The standard InChI is InChI=1S/C9H6O2S/c10-9(11)8-7-4-2-1-3-6(7)5-12-8/h1-5H,(H,10,11). The Bertz CT molecular complexity index is 431. The molecule has 1 N–H and O–H groups in total. The summed E-state index contributed by atoms with van der Waals surface area (Å²) >= 11 is 1.27. The second kappa shape index (κ2) is 2.60. The van der Waals surface area contributed by atoms with Gasteiger partial charge < -0.3 is 5.11 Å². The van der Waals surface area contributed by atoms with Crippen LogP contribution in [0.3, 0.4) is 0 Å². The molecule has 0 saturated carbocycles. The van der Waals surface area contributed by atoms with Crippen molar-refractivity contribution in [3.63, 3.8) is 0 Å². The maximum absolute atomic E-state index is 10.7. The molecule has 0 radical (unpaired) electrons. The van der Waals surface area contributed by atoms with Gasteiger partial charge in [0, 0.05) is 5.39 Å². The van der Waals surface area contributed by atoms with Crippen molar-refractivity contribution in [1.82, 2.24) is 0 Å². The van der Waals surface area contributed by atoms with E-state index < -0.39 is 5.97 Å². The van der Waals surface area contributed by atoms with Gasteiger partial charge in [0.05, 0.1) is 0 Å². The van der Waals surface area contributed by atoms with Crippen LogP contribution < -0.4 is 0 Å². The summed E-state index contributed by atoms with van der Waals surface area (Å²) in [4.78, 5) is 11.1. The largest absolute Gasteiger partial charge is 0.477 e. The first-order valence-electron chi connectivity index (χ1n) is 3.48. The smallest absolute Gasteiger partial charge is 0.346 e. The van der Waals surface area contributed by atoms with Gasteiger partial charge in [0.2, 0.25) is 0 Å². The molecule has 1 aromatic heterocycles. The third-order valence-electron chi connectivity index (χ3n) is 1.70. The van der Waals surface area contributed by atoms with Gasteiger partial charge in [0.15, 0.2) is 0 Å². The van der Waals surface area contributed by atoms with Crippen LogP contribution in [0.4, 0.5) is 0 Å². The van der Waals surface area contributed by atoms with Crippen LogP contribution >= 0.6 is 11.3 Å². The van der Waals surface area contributed by atoms with Crippen LogP contribution in [0, 0.1) is 0 Å². The molecule has 2 rings (SSSR count). The van der Waals surface area contributed by atoms with E-state index in [9.17, 15) is 4.79 Å². The zero-order valence-corrected chi connectivity index (χ0v) is 6.97. The van der Waals surface area contributed by atoms with Crippen LogP contribution in [0.2, 0.25) is 0 Å². The molecular formula is C9H6O2S. The Morgan fingerprint density at radius 2 is 2.08 bits per heavy atom. The Morgan fingerprint density at radius 1 is 1.33 bits per heavy atom. The van der Waals surface area contributed by atoms with E-state index in [1.165, 1.54) is 11.3 Å². The lowest BCUT2D eigenvalue weighted by molar-refractivity contribution is 0.0704. The fraction of sp³-hybridized carbons (Fsp3) is 0. The van der Waals surface area contributed by atoms with Crippen molar-refractivity contribution < 1.29 is 9.90 Å². The molecule has 0 aliphatic rings. The molecule has 12 heavy (non-hydrogen) atoms. The Balaban J connectivity index is 2.79. The van der Waals surface area contributed by atoms with Crippen LogP contribution in [0.15, 0.2) is 29.6 Å². The van der Waals surface area contributed by atoms with Gasteiger partial charge in [-0.15, -0.1) is 11.3 Å². The Kier molecular flexibility index (Phi) is 1.59. The lowest BCUT2D eigenvalue weighted by Gasteiger charge is -1.89. The van der Waals surface area contributed by atoms with Crippen molar-refractivity contribution in [3.05, 3.63) is 34.5 Å². The Labute approximate surface area is 73.1 Å². The number of hydrogen-bond acceptors (Lipinski definition) is 2. The molecule has 2 aromatic rings. The minimum absolute atomic E-state index is 0.422. The molecular weight excluding hydrogens is 172 g/mol. The molecule has 2 nitrogen and oxygen atoms in total. The number of fused-ring (bicyclic) bond motifs is 1. The summed E-state index contributed by atoms with van der Waals surface area (Å²) in [7, 11) is 0. The minimum atomic E-state index is -0.846. The highest BCUT2D eigenvalue weighted by molar-refractivity contribution is 7.13. The first kappa shape index (κ1) is 7.31. The number of carbonyl (C=O) groups is 1. The molecule has 0 aliphatic heterocycles. The van der Waals surface area contributed by atoms with Crippen LogP contribution in [0.5, 0.6) is 0 Å². The molecule has 0 bridgehead atoms. The fourth-order valence-electron chi connectivity index (χ4n) is 1.16. The maximum Gasteiger partial charge on any atom is 0.346 e. The number of rotatable bonds is 1. The number of carboxylic acids is 1. The van der Waals surface area contributed by atoms with Gasteiger partial charge in [0.25, 0.3) is 0 Å².